The van der Waals surface area contributed by atoms with Crippen molar-refractivity contribution in [2.24, 2.45) is 0 Å². The molecule has 1 heterocycles. The molecule has 1 amide bonds. The summed E-state index contributed by atoms with van der Waals surface area (Å²) in [4.78, 5) is 27.3. The van der Waals surface area contributed by atoms with Crippen molar-refractivity contribution in [3.63, 3.8) is 0 Å². The van der Waals surface area contributed by atoms with Crippen molar-refractivity contribution in [3.05, 3.63) is 53.6 Å². The Bertz CT molecular complexity index is 1090. The predicted octanol–water partition coefficient (Wildman–Crippen LogP) is 3.36. The second-order valence-corrected chi connectivity index (χ2v) is 9.43. The van der Waals surface area contributed by atoms with Gasteiger partial charge in [0, 0.05) is 31.7 Å². The number of hydrogen-bond donors (Lipinski definition) is 1. The molecule has 0 radical (unpaired) electrons. The van der Waals surface area contributed by atoms with Crippen LogP contribution in [0, 0.1) is 0 Å². The van der Waals surface area contributed by atoms with E-state index in [1.54, 1.807) is 44.2 Å². The van der Waals surface area contributed by atoms with E-state index in [4.69, 9.17) is 4.74 Å². The number of methoxy groups -OCH3 is 1. The molecule has 8 nitrogen and oxygen atoms in total. The van der Waals surface area contributed by atoms with Crippen LogP contribution in [0.15, 0.2) is 47.4 Å². The summed E-state index contributed by atoms with van der Waals surface area (Å²) in [6.45, 7) is 5.94. The highest BCUT2D eigenvalue weighted by Gasteiger charge is 2.24. The number of anilines is 2. The van der Waals surface area contributed by atoms with Crippen molar-refractivity contribution in [1.82, 2.24) is 4.31 Å². The lowest BCUT2D eigenvalue weighted by Crippen LogP contribution is -2.30. The third-order valence-corrected chi connectivity index (χ3v) is 7.60. The number of carbonyl (C=O) groups is 2. The second kappa shape index (κ2) is 10.1. The molecule has 0 atom stereocenters. The van der Waals surface area contributed by atoms with Gasteiger partial charge in [0.15, 0.2) is 0 Å². The SMILES string of the molecule is CCN(CC)S(=O)(=O)c1cccc(C(=O)Nc2cc(C(=O)OC)ccc2N2CCCC2)c1. The van der Waals surface area contributed by atoms with Gasteiger partial charge in [0.2, 0.25) is 10.0 Å². The third kappa shape index (κ3) is 4.94. The van der Waals surface area contributed by atoms with Gasteiger partial charge in [-0.2, -0.15) is 4.31 Å². The molecule has 1 aliphatic rings. The quantitative estimate of drug-likeness (QED) is 0.608. The van der Waals surface area contributed by atoms with Crippen LogP contribution in [0.4, 0.5) is 11.4 Å². The lowest BCUT2D eigenvalue weighted by Gasteiger charge is -2.22. The van der Waals surface area contributed by atoms with E-state index in [1.165, 1.54) is 23.5 Å². The van der Waals surface area contributed by atoms with Crippen molar-refractivity contribution < 1.29 is 22.7 Å². The van der Waals surface area contributed by atoms with Gasteiger partial charge >= 0.3 is 5.97 Å². The van der Waals surface area contributed by atoms with E-state index >= 15 is 0 Å². The number of benzene rings is 2. The first-order chi connectivity index (χ1) is 15.3. The first-order valence-electron chi connectivity index (χ1n) is 10.7. The highest BCUT2D eigenvalue weighted by atomic mass is 32.2. The van der Waals surface area contributed by atoms with Gasteiger partial charge in [0.1, 0.15) is 0 Å². The summed E-state index contributed by atoms with van der Waals surface area (Å²) in [6.07, 6.45) is 2.11. The summed E-state index contributed by atoms with van der Waals surface area (Å²) >= 11 is 0. The molecular weight excluding hydrogens is 430 g/mol. The number of carbonyl (C=O) groups excluding carboxylic acids is 2. The predicted molar refractivity (Wildman–Crippen MR) is 124 cm³/mol. The molecule has 2 aromatic carbocycles. The van der Waals surface area contributed by atoms with E-state index in [1.807, 2.05) is 0 Å². The highest BCUT2D eigenvalue weighted by molar-refractivity contribution is 7.89. The molecule has 0 aromatic heterocycles. The van der Waals surface area contributed by atoms with Crippen LogP contribution >= 0.6 is 0 Å². The molecule has 0 unspecified atom stereocenters. The van der Waals surface area contributed by atoms with Crippen molar-refractivity contribution in [2.45, 2.75) is 31.6 Å². The number of hydrogen-bond acceptors (Lipinski definition) is 6. The molecule has 9 heteroatoms. The molecule has 1 fully saturated rings. The van der Waals surface area contributed by atoms with E-state index in [0.29, 0.717) is 24.3 Å². The fourth-order valence-corrected chi connectivity index (χ4v) is 5.32. The van der Waals surface area contributed by atoms with Gasteiger partial charge in [-0.1, -0.05) is 19.9 Å². The van der Waals surface area contributed by atoms with Crippen LogP contribution in [0.2, 0.25) is 0 Å². The fraction of sp³-hybridized carbons (Fsp3) is 0.391. The van der Waals surface area contributed by atoms with Crippen LogP contribution in [-0.4, -0.2) is 57.9 Å². The lowest BCUT2D eigenvalue weighted by atomic mass is 10.1. The molecule has 0 spiro atoms. The Morgan fingerprint density at radius 2 is 1.72 bits per heavy atom. The summed E-state index contributed by atoms with van der Waals surface area (Å²) in [5.74, 6) is -0.954. The van der Waals surface area contributed by atoms with E-state index in [2.05, 4.69) is 10.2 Å². The number of rotatable bonds is 8. The average molecular weight is 460 g/mol. The standard InChI is InChI=1S/C23H29N3O5S/c1-4-26(5-2)32(29,30)19-10-8-9-17(15-19)22(27)24-20-16-18(23(28)31-3)11-12-21(20)25-13-6-7-14-25/h8-12,15-16H,4-7,13-14H2,1-3H3,(H,24,27). The van der Waals surface area contributed by atoms with Gasteiger partial charge in [-0.3, -0.25) is 4.79 Å². The van der Waals surface area contributed by atoms with Gasteiger partial charge in [0.25, 0.3) is 5.91 Å². The van der Waals surface area contributed by atoms with Crippen molar-refractivity contribution in [3.8, 4) is 0 Å². The Kier molecular flexibility index (Phi) is 7.52. The van der Waals surface area contributed by atoms with Crippen LogP contribution in [0.25, 0.3) is 0 Å². The average Bonchev–Trinajstić information content (AvgIpc) is 3.34. The van der Waals surface area contributed by atoms with E-state index in [-0.39, 0.29) is 10.5 Å². The molecule has 1 aliphatic heterocycles. The largest absolute Gasteiger partial charge is 0.465 e. The first-order valence-corrected chi connectivity index (χ1v) is 12.1. The Morgan fingerprint density at radius 3 is 2.34 bits per heavy atom. The summed E-state index contributed by atoms with van der Waals surface area (Å²) in [5.41, 5.74) is 1.84. The highest BCUT2D eigenvalue weighted by Crippen LogP contribution is 2.31. The molecular formula is C23H29N3O5S. The minimum absolute atomic E-state index is 0.0666. The Morgan fingerprint density at radius 1 is 1.03 bits per heavy atom. The van der Waals surface area contributed by atoms with Gasteiger partial charge in [-0.05, 0) is 49.2 Å². The van der Waals surface area contributed by atoms with Gasteiger partial charge in [-0.15, -0.1) is 0 Å². The number of nitrogens with zero attached hydrogens (tertiary/aromatic N) is 2. The van der Waals surface area contributed by atoms with Gasteiger partial charge in [-0.25, -0.2) is 13.2 Å². The van der Waals surface area contributed by atoms with Gasteiger partial charge in [0.05, 0.1) is 28.9 Å². The van der Waals surface area contributed by atoms with Gasteiger partial charge < -0.3 is 15.0 Å². The minimum Gasteiger partial charge on any atom is -0.465 e. The maximum atomic E-state index is 13.1. The van der Waals surface area contributed by atoms with Crippen LogP contribution in [0.5, 0.6) is 0 Å². The third-order valence-electron chi connectivity index (χ3n) is 5.55. The molecule has 2 aromatic rings. The van der Waals surface area contributed by atoms with Crippen LogP contribution < -0.4 is 10.2 Å². The normalized spacial score (nSPS) is 13.9. The number of ether oxygens (including phenoxy) is 1. The molecule has 0 bridgehead atoms. The Labute approximate surface area is 189 Å². The zero-order chi connectivity index (χ0) is 23.3. The molecule has 0 saturated carbocycles. The topological polar surface area (TPSA) is 96.0 Å². The first kappa shape index (κ1) is 23.7. The summed E-state index contributed by atoms with van der Waals surface area (Å²) in [7, 11) is -2.39. The summed E-state index contributed by atoms with van der Waals surface area (Å²) in [6, 6.07) is 11.0. The molecule has 172 valence electrons. The summed E-state index contributed by atoms with van der Waals surface area (Å²) < 4.78 is 31.8. The van der Waals surface area contributed by atoms with E-state index < -0.39 is 21.9 Å². The molecule has 1 N–H and O–H groups in total. The number of nitrogens with one attached hydrogen (secondary N) is 1. The molecule has 3 rings (SSSR count). The van der Waals surface area contributed by atoms with Crippen molar-refractivity contribution >= 4 is 33.3 Å². The lowest BCUT2D eigenvalue weighted by molar-refractivity contribution is 0.0600. The molecule has 1 saturated heterocycles. The second-order valence-electron chi connectivity index (χ2n) is 7.49. The molecule has 32 heavy (non-hydrogen) atoms. The van der Waals surface area contributed by atoms with Crippen LogP contribution in [0.3, 0.4) is 0 Å². The van der Waals surface area contributed by atoms with Crippen molar-refractivity contribution in [2.75, 3.05) is 43.5 Å². The maximum Gasteiger partial charge on any atom is 0.337 e. The smallest absolute Gasteiger partial charge is 0.337 e. The minimum atomic E-state index is -3.69. The monoisotopic (exact) mass is 459 g/mol. The van der Waals surface area contributed by atoms with E-state index in [0.717, 1.165) is 31.6 Å². The van der Waals surface area contributed by atoms with Crippen LogP contribution in [0.1, 0.15) is 47.4 Å². The molecule has 0 aliphatic carbocycles. The number of esters is 1. The summed E-state index contributed by atoms with van der Waals surface area (Å²) in [5, 5.41) is 2.86. The number of sulfonamides is 1. The Balaban J connectivity index is 1.94. The van der Waals surface area contributed by atoms with Crippen molar-refractivity contribution in [1.29, 1.82) is 0 Å². The Hall–Kier alpha value is -2.91. The van der Waals surface area contributed by atoms with Crippen LogP contribution in [-0.2, 0) is 14.8 Å². The van der Waals surface area contributed by atoms with E-state index in [9.17, 15) is 18.0 Å². The number of amides is 1. The fourth-order valence-electron chi connectivity index (χ4n) is 3.82. The maximum absolute atomic E-state index is 13.1. The zero-order valence-corrected chi connectivity index (χ0v) is 19.4. The zero-order valence-electron chi connectivity index (χ0n) is 18.6.